The highest BCUT2D eigenvalue weighted by Crippen LogP contribution is 2.17. The summed E-state index contributed by atoms with van der Waals surface area (Å²) in [5.41, 5.74) is 3.61. The van der Waals surface area contributed by atoms with E-state index in [9.17, 15) is 0 Å². The maximum atomic E-state index is 5.25. The van der Waals surface area contributed by atoms with E-state index in [0.717, 1.165) is 18.0 Å². The van der Waals surface area contributed by atoms with Crippen LogP contribution in [0.5, 0.6) is 5.75 Å². The Morgan fingerprint density at radius 3 is 2.95 bits per heavy atom. The van der Waals surface area contributed by atoms with Crippen molar-refractivity contribution in [3.63, 3.8) is 0 Å². The fourth-order valence-corrected chi connectivity index (χ4v) is 2.31. The van der Waals surface area contributed by atoms with Gasteiger partial charge in [-0.05, 0) is 36.2 Å². The van der Waals surface area contributed by atoms with Gasteiger partial charge in [-0.1, -0.05) is 18.2 Å². The number of pyridine rings is 1. The van der Waals surface area contributed by atoms with E-state index >= 15 is 0 Å². The second-order valence-corrected chi connectivity index (χ2v) is 4.65. The van der Waals surface area contributed by atoms with Crippen LogP contribution in [-0.4, -0.2) is 16.5 Å². The first-order valence-corrected chi connectivity index (χ1v) is 6.32. The van der Waals surface area contributed by atoms with Crippen molar-refractivity contribution in [3.05, 3.63) is 65.7 Å². The van der Waals surface area contributed by atoms with E-state index in [1.54, 1.807) is 7.11 Å². The Balaban J connectivity index is 1.99. The highest BCUT2D eigenvalue weighted by Gasteiger charge is 2.06. The Morgan fingerprint density at radius 2 is 2.11 bits per heavy atom. The highest BCUT2D eigenvalue weighted by atomic mass is 16.5. The number of rotatable bonds is 3. The van der Waals surface area contributed by atoms with E-state index in [-0.39, 0.29) is 0 Å². The van der Waals surface area contributed by atoms with Gasteiger partial charge in [-0.25, -0.2) is 4.98 Å². The van der Waals surface area contributed by atoms with Crippen molar-refractivity contribution in [1.82, 2.24) is 9.38 Å². The molecule has 2 aromatic heterocycles. The summed E-state index contributed by atoms with van der Waals surface area (Å²) in [6.45, 7) is 2.10. The molecule has 0 unspecified atom stereocenters. The first-order valence-electron chi connectivity index (χ1n) is 6.32. The molecule has 2 heterocycles. The number of hydrogen-bond acceptors (Lipinski definition) is 2. The van der Waals surface area contributed by atoms with Crippen molar-refractivity contribution >= 4 is 5.52 Å². The smallest absolute Gasteiger partial charge is 0.119 e. The van der Waals surface area contributed by atoms with E-state index < -0.39 is 0 Å². The molecule has 3 nitrogen and oxygen atoms in total. The summed E-state index contributed by atoms with van der Waals surface area (Å²) < 4.78 is 7.40. The molecule has 0 atom stereocenters. The molecule has 0 amide bonds. The molecule has 0 bridgehead atoms. The Kier molecular flexibility index (Phi) is 2.95. The lowest BCUT2D eigenvalue weighted by molar-refractivity contribution is 0.414. The van der Waals surface area contributed by atoms with Crippen molar-refractivity contribution in [3.8, 4) is 5.75 Å². The predicted molar refractivity (Wildman–Crippen MR) is 75.7 cm³/mol. The third-order valence-corrected chi connectivity index (χ3v) is 3.36. The average molecular weight is 252 g/mol. The summed E-state index contributed by atoms with van der Waals surface area (Å²) in [6, 6.07) is 12.3. The van der Waals surface area contributed by atoms with Crippen LogP contribution in [0.3, 0.4) is 0 Å². The zero-order chi connectivity index (χ0) is 13.2. The molecule has 0 radical (unpaired) electrons. The molecule has 3 rings (SSSR count). The average Bonchev–Trinajstić information content (AvgIpc) is 2.84. The number of benzene rings is 1. The lowest BCUT2D eigenvalue weighted by Gasteiger charge is -2.05. The Labute approximate surface area is 112 Å². The molecule has 0 N–H and O–H groups in total. The van der Waals surface area contributed by atoms with Gasteiger partial charge in [-0.15, -0.1) is 0 Å². The molecule has 0 saturated carbocycles. The maximum Gasteiger partial charge on any atom is 0.119 e. The highest BCUT2D eigenvalue weighted by molar-refractivity contribution is 5.53. The molecule has 19 heavy (non-hydrogen) atoms. The minimum atomic E-state index is 0.800. The number of fused-ring (bicyclic) bond motifs is 1. The molecule has 1 aromatic carbocycles. The molecule has 0 aliphatic rings. The molecule has 0 aliphatic heterocycles. The van der Waals surface area contributed by atoms with Crippen molar-refractivity contribution < 1.29 is 4.74 Å². The number of ether oxygens (including phenoxy) is 1. The van der Waals surface area contributed by atoms with E-state index in [1.807, 2.05) is 18.3 Å². The molecule has 0 fully saturated rings. The summed E-state index contributed by atoms with van der Waals surface area (Å²) >= 11 is 0. The fourth-order valence-electron chi connectivity index (χ4n) is 2.31. The van der Waals surface area contributed by atoms with Gasteiger partial charge in [0.15, 0.2) is 0 Å². The summed E-state index contributed by atoms with van der Waals surface area (Å²) in [5, 5.41) is 0. The predicted octanol–water partition coefficient (Wildman–Crippen LogP) is 3.24. The Hall–Kier alpha value is -2.29. The van der Waals surface area contributed by atoms with Crippen LogP contribution < -0.4 is 4.74 Å². The molecule has 3 heteroatoms. The van der Waals surface area contributed by atoms with E-state index in [1.165, 1.54) is 16.6 Å². The van der Waals surface area contributed by atoms with Gasteiger partial charge in [0, 0.05) is 12.6 Å². The van der Waals surface area contributed by atoms with Crippen LogP contribution in [0, 0.1) is 6.92 Å². The number of nitrogens with zero attached hydrogens (tertiary/aromatic N) is 2. The first kappa shape index (κ1) is 11.8. The normalized spacial score (nSPS) is 10.8. The number of imidazole rings is 1. The molecule has 96 valence electrons. The summed E-state index contributed by atoms with van der Waals surface area (Å²) in [7, 11) is 1.69. The van der Waals surface area contributed by atoms with Gasteiger partial charge in [0.05, 0.1) is 18.8 Å². The van der Waals surface area contributed by atoms with Crippen molar-refractivity contribution in [2.45, 2.75) is 13.3 Å². The van der Waals surface area contributed by atoms with Gasteiger partial charge in [0.2, 0.25) is 0 Å². The Bertz CT molecular complexity index is 716. The SMILES string of the molecule is COc1cccc(Cc2ncc3c(C)cccn23)c1. The van der Waals surface area contributed by atoms with Crippen molar-refractivity contribution in [2.75, 3.05) is 7.11 Å². The zero-order valence-electron chi connectivity index (χ0n) is 11.1. The van der Waals surface area contributed by atoms with Crippen molar-refractivity contribution in [2.24, 2.45) is 0 Å². The third kappa shape index (κ3) is 2.19. The van der Waals surface area contributed by atoms with Crippen LogP contribution in [0.2, 0.25) is 0 Å². The molecular formula is C16H16N2O. The minimum absolute atomic E-state index is 0.800. The molecular weight excluding hydrogens is 236 g/mol. The van der Waals surface area contributed by atoms with E-state index in [0.29, 0.717) is 0 Å². The van der Waals surface area contributed by atoms with Crippen LogP contribution in [0.4, 0.5) is 0 Å². The van der Waals surface area contributed by atoms with Gasteiger partial charge in [-0.2, -0.15) is 0 Å². The number of aromatic nitrogens is 2. The number of methoxy groups -OCH3 is 1. The first-order chi connectivity index (χ1) is 9.28. The quantitative estimate of drug-likeness (QED) is 0.715. The summed E-state index contributed by atoms with van der Waals surface area (Å²) in [4.78, 5) is 4.53. The van der Waals surface area contributed by atoms with Crippen LogP contribution in [0.1, 0.15) is 17.0 Å². The number of hydrogen-bond donors (Lipinski definition) is 0. The van der Waals surface area contributed by atoms with Gasteiger partial charge in [-0.3, -0.25) is 0 Å². The zero-order valence-corrected chi connectivity index (χ0v) is 11.1. The van der Waals surface area contributed by atoms with Gasteiger partial charge < -0.3 is 9.14 Å². The van der Waals surface area contributed by atoms with Crippen LogP contribution >= 0.6 is 0 Å². The van der Waals surface area contributed by atoms with Crippen LogP contribution in [-0.2, 0) is 6.42 Å². The molecule has 0 saturated heterocycles. The lowest BCUT2D eigenvalue weighted by Crippen LogP contribution is -1.97. The standard InChI is InChI=1S/C16H16N2O/c1-12-5-4-8-18-15(12)11-17-16(18)10-13-6-3-7-14(9-13)19-2/h3-9,11H,10H2,1-2H3. The summed E-state index contributed by atoms with van der Waals surface area (Å²) in [5.74, 6) is 1.93. The maximum absolute atomic E-state index is 5.25. The molecule has 0 spiro atoms. The third-order valence-electron chi connectivity index (χ3n) is 3.36. The van der Waals surface area contributed by atoms with Crippen LogP contribution in [0.15, 0.2) is 48.8 Å². The van der Waals surface area contributed by atoms with E-state index in [4.69, 9.17) is 4.74 Å². The van der Waals surface area contributed by atoms with Crippen molar-refractivity contribution in [1.29, 1.82) is 0 Å². The van der Waals surface area contributed by atoms with Gasteiger partial charge in [0.1, 0.15) is 11.6 Å². The Morgan fingerprint density at radius 1 is 1.21 bits per heavy atom. The van der Waals surface area contributed by atoms with Gasteiger partial charge >= 0.3 is 0 Å². The second-order valence-electron chi connectivity index (χ2n) is 4.65. The fraction of sp³-hybridized carbons (Fsp3) is 0.188. The van der Waals surface area contributed by atoms with Crippen LogP contribution in [0.25, 0.3) is 5.52 Å². The summed E-state index contributed by atoms with van der Waals surface area (Å²) in [6.07, 6.45) is 4.80. The molecule has 3 aromatic rings. The van der Waals surface area contributed by atoms with E-state index in [2.05, 4.69) is 46.8 Å². The minimum Gasteiger partial charge on any atom is -0.497 e. The topological polar surface area (TPSA) is 26.5 Å². The lowest BCUT2D eigenvalue weighted by atomic mass is 10.1. The van der Waals surface area contributed by atoms with Gasteiger partial charge in [0.25, 0.3) is 0 Å². The molecule has 0 aliphatic carbocycles. The monoisotopic (exact) mass is 252 g/mol. The largest absolute Gasteiger partial charge is 0.497 e. The second kappa shape index (κ2) is 4.76. The number of aryl methyl sites for hydroxylation is 1.